The van der Waals surface area contributed by atoms with Crippen molar-refractivity contribution in [2.75, 3.05) is 6.54 Å². The first-order valence-corrected chi connectivity index (χ1v) is 10.3. The molecule has 5 saturated carbocycles. The first-order valence-electron chi connectivity index (χ1n) is 10.3. The average Bonchev–Trinajstić information content (AvgIpc) is 2.65. The second-order valence-corrected chi connectivity index (χ2v) is 11.5. The second-order valence-electron chi connectivity index (χ2n) is 11.5. The molecule has 24 heavy (non-hydrogen) atoms. The van der Waals surface area contributed by atoms with Crippen LogP contribution < -0.4 is 5.32 Å². The topological polar surface area (TPSA) is 32.3 Å². The Labute approximate surface area is 146 Å². The Morgan fingerprint density at radius 1 is 0.917 bits per heavy atom. The van der Waals surface area contributed by atoms with Gasteiger partial charge in [0, 0.05) is 18.1 Å². The van der Waals surface area contributed by atoms with Gasteiger partial charge in [-0.05, 0) is 86.4 Å². The summed E-state index contributed by atoms with van der Waals surface area (Å²) in [5.74, 6) is 2.68. The van der Waals surface area contributed by atoms with Crippen LogP contribution in [0.4, 0.5) is 4.79 Å². The van der Waals surface area contributed by atoms with E-state index in [1.54, 1.807) is 0 Å². The van der Waals surface area contributed by atoms with E-state index in [9.17, 15) is 4.79 Å². The van der Waals surface area contributed by atoms with Crippen LogP contribution in [0.25, 0.3) is 0 Å². The molecule has 2 amide bonds. The van der Waals surface area contributed by atoms with E-state index in [1.165, 1.54) is 57.8 Å². The summed E-state index contributed by atoms with van der Waals surface area (Å²) in [4.78, 5) is 15.5. The second kappa shape index (κ2) is 4.71. The number of fused-ring (bicyclic) bond motifs is 2. The van der Waals surface area contributed by atoms with E-state index in [2.05, 4.69) is 31.0 Å². The highest BCUT2D eigenvalue weighted by Crippen LogP contribution is 2.56. The number of hydrogen-bond acceptors (Lipinski definition) is 1. The zero-order valence-corrected chi connectivity index (χ0v) is 15.7. The number of rotatable bonds is 1. The molecule has 6 fully saturated rings. The quantitative estimate of drug-likeness (QED) is 0.751. The minimum atomic E-state index is 0.152. The van der Waals surface area contributed by atoms with Gasteiger partial charge in [-0.1, -0.05) is 20.8 Å². The van der Waals surface area contributed by atoms with Crippen molar-refractivity contribution in [3.05, 3.63) is 0 Å². The Morgan fingerprint density at radius 3 is 2.08 bits per heavy atom. The van der Waals surface area contributed by atoms with E-state index >= 15 is 0 Å². The smallest absolute Gasteiger partial charge is 0.318 e. The zero-order valence-electron chi connectivity index (χ0n) is 15.7. The van der Waals surface area contributed by atoms with E-state index in [0.717, 1.165) is 24.3 Å². The molecule has 6 rings (SSSR count). The fraction of sp³-hybridized carbons (Fsp3) is 0.952. The Balaban J connectivity index is 1.33. The van der Waals surface area contributed by atoms with Gasteiger partial charge in [-0.15, -0.1) is 0 Å². The standard InChI is InChI=1S/C21H34N2O/c1-19(2)10-17-11-20(3,12-19)13-23(17)18(24)22-21-7-14-4-15(8-21)6-16(5-14)9-21/h14-17H,4-13H2,1-3H3,(H,22,24). The van der Waals surface area contributed by atoms with Crippen LogP contribution in [0.5, 0.6) is 0 Å². The first-order chi connectivity index (χ1) is 11.2. The third-order valence-electron chi connectivity index (χ3n) is 8.09. The van der Waals surface area contributed by atoms with Crippen LogP contribution in [0.1, 0.15) is 78.6 Å². The largest absolute Gasteiger partial charge is 0.333 e. The molecule has 3 nitrogen and oxygen atoms in total. The predicted octanol–water partition coefficient (Wildman–Crippen LogP) is 4.57. The van der Waals surface area contributed by atoms with Gasteiger partial charge in [0.2, 0.25) is 0 Å². The molecule has 6 aliphatic rings. The number of urea groups is 1. The maximum absolute atomic E-state index is 13.2. The van der Waals surface area contributed by atoms with Gasteiger partial charge in [-0.3, -0.25) is 0 Å². The van der Waals surface area contributed by atoms with E-state index < -0.39 is 0 Å². The summed E-state index contributed by atoms with van der Waals surface area (Å²) in [6, 6.07) is 0.732. The predicted molar refractivity (Wildman–Crippen MR) is 95.7 cm³/mol. The minimum absolute atomic E-state index is 0.152. The zero-order chi connectivity index (χ0) is 16.7. The third-order valence-corrected chi connectivity index (χ3v) is 8.09. The molecule has 5 aliphatic carbocycles. The molecule has 3 heteroatoms. The van der Waals surface area contributed by atoms with Crippen molar-refractivity contribution in [3.8, 4) is 0 Å². The number of carbonyl (C=O) groups excluding carboxylic acids is 1. The number of likely N-dealkylation sites (tertiary alicyclic amines) is 1. The van der Waals surface area contributed by atoms with Crippen molar-refractivity contribution < 1.29 is 4.79 Å². The van der Waals surface area contributed by atoms with E-state index in [0.29, 0.717) is 16.9 Å². The molecule has 1 heterocycles. The summed E-state index contributed by atoms with van der Waals surface area (Å²) < 4.78 is 0. The van der Waals surface area contributed by atoms with Crippen molar-refractivity contribution >= 4 is 6.03 Å². The Hall–Kier alpha value is -0.730. The van der Waals surface area contributed by atoms with Gasteiger partial charge >= 0.3 is 6.03 Å². The molecular weight excluding hydrogens is 296 g/mol. The lowest BCUT2D eigenvalue weighted by atomic mass is 9.53. The van der Waals surface area contributed by atoms with Crippen LogP contribution in [0.15, 0.2) is 0 Å². The van der Waals surface area contributed by atoms with Gasteiger partial charge in [-0.25, -0.2) is 4.79 Å². The van der Waals surface area contributed by atoms with Crippen LogP contribution in [-0.2, 0) is 0 Å². The molecule has 0 aromatic carbocycles. The molecule has 0 radical (unpaired) electrons. The highest BCUT2D eigenvalue weighted by Gasteiger charge is 2.54. The lowest BCUT2D eigenvalue weighted by molar-refractivity contribution is -0.0160. The van der Waals surface area contributed by atoms with Gasteiger partial charge in [0.05, 0.1) is 0 Å². The van der Waals surface area contributed by atoms with Crippen molar-refractivity contribution in [1.29, 1.82) is 0 Å². The van der Waals surface area contributed by atoms with Crippen LogP contribution in [-0.4, -0.2) is 29.1 Å². The van der Waals surface area contributed by atoms with E-state index in [1.807, 2.05) is 0 Å². The Morgan fingerprint density at radius 2 is 1.50 bits per heavy atom. The van der Waals surface area contributed by atoms with Crippen LogP contribution >= 0.6 is 0 Å². The molecule has 1 saturated heterocycles. The number of hydrogen-bond donors (Lipinski definition) is 1. The van der Waals surface area contributed by atoms with E-state index in [-0.39, 0.29) is 11.6 Å². The average molecular weight is 331 g/mol. The Bertz CT molecular complexity index is 533. The molecule has 2 atom stereocenters. The third kappa shape index (κ3) is 2.41. The molecule has 1 N–H and O–H groups in total. The Kier molecular flexibility index (Phi) is 3.04. The van der Waals surface area contributed by atoms with Crippen LogP contribution in [0.2, 0.25) is 0 Å². The van der Waals surface area contributed by atoms with Crippen molar-refractivity contribution in [1.82, 2.24) is 10.2 Å². The van der Waals surface area contributed by atoms with Crippen molar-refractivity contribution in [2.24, 2.45) is 28.6 Å². The van der Waals surface area contributed by atoms with Crippen LogP contribution in [0.3, 0.4) is 0 Å². The number of carbonyl (C=O) groups is 1. The summed E-state index contributed by atoms with van der Waals surface area (Å²) in [5.41, 5.74) is 0.873. The number of nitrogens with one attached hydrogen (secondary N) is 1. The summed E-state index contributed by atoms with van der Waals surface area (Å²) in [7, 11) is 0. The fourth-order valence-corrected chi connectivity index (χ4v) is 8.26. The highest BCUT2D eigenvalue weighted by molar-refractivity contribution is 5.76. The molecule has 6 bridgehead atoms. The van der Waals surface area contributed by atoms with Crippen molar-refractivity contribution in [2.45, 2.75) is 90.1 Å². The first kappa shape index (κ1) is 15.5. The van der Waals surface area contributed by atoms with Gasteiger partial charge < -0.3 is 10.2 Å². The fourth-order valence-electron chi connectivity index (χ4n) is 8.26. The summed E-state index contributed by atoms with van der Waals surface area (Å²) in [6.07, 6.45) is 11.7. The van der Waals surface area contributed by atoms with Gasteiger partial charge in [0.15, 0.2) is 0 Å². The molecule has 2 unspecified atom stereocenters. The summed E-state index contributed by atoms with van der Waals surface area (Å²) in [5, 5.41) is 3.61. The molecule has 0 spiro atoms. The summed E-state index contributed by atoms with van der Waals surface area (Å²) in [6.45, 7) is 8.15. The molecular formula is C21H34N2O. The lowest BCUT2D eigenvalue weighted by Gasteiger charge is -2.57. The molecule has 0 aromatic rings. The maximum atomic E-state index is 13.2. The lowest BCUT2D eigenvalue weighted by Crippen LogP contribution is -2.62. The normalized spacial score (nSPS) is 51.0. The maximum Gasteiger partial charge on any atom is 0.318 e. The van der Waals surface area contributed by atoms with Gasteiger partial charge in [0.25, 0.3) is 0 Å². The SMILES string of the molecule is CC1(C)CC2CC(C)(CN2C(=O)NC23CC4CC(CC(C4)C2)C3)C1. The highest BCUT2D eigenvalue weighted by atomic mass is 16.2. The monoisotopic (exact) mass is 330 g/mol. The number of nitrogens with zero attached hydrogens (tertiary/aromatic N) is 1. The van der Waals surface area contributed by atoms with Crippen LogP contribution in [0, 0.1) is 28.6 Å². The van der Waals surface area contributed by atoms with E-state index in [4.69, 9.17) is 0 Å². The number of amides is 2. The molecule has 134 valence electrons. The molecule has 0 aromatic heterocycles. The van der Waals surface area contributed by atoms with Crippen molar-refractivity contribution in [3.63, 3.8) is 0 Å². The van der Waals surface area contributed by atoms with Gasteiger partial charge in [0.1, 0.15) is 0 Å². The molecule has 1 aliphatic heterocycles. The summed E-state index contributed by atoms with van der Waals surface area (Å²) >= 11 is 0. The van der Waals surface area contributed by atoms with Gasteiger partial charge in [-0.2, -0.15) is 0 Å². The minimum Gasteiger partial charge on any atom is -0.333 e.